The molecule has 0 aliphatic rings. The molecule has 6 heteroatoms. The molecular weight excluding hydrogens is 217 g/mol. The average Bonchev–Trinajstić information content (AvgIpc) is 2.19. The lowest BCUT2D eigenvalue weighted by atomic mass is 10.3. The number of rotatable bonds is 3. The molecule has 0 aliphatic carbocycles. The number of nitrogens with two attached hydrogens (primary N) is 1. The van der Waals surface area contributed by atoms with Crippen molar-refractivity contribution < 1.29 is 9.18 Å². The Bertz CT molecular complexity index is 366. The first-order chi connectivity index (χ1) is 7.08. The van der Waals surface area contributed by atoms with E-state index in [4.69, 9.17) is 11.1 Å². The van der Waals surface area contributed by atoms with Gasteiger partial charge in [-0.25, -0.2) is 4.39 Å². The number of carbonyl (C=O) groups excluding carboxylic acids is 1. The Morgan fingerprint density at radius 1 is 1.47 bits per heavy atom. The number of carbonyl (C=O) groups is 1. The van der Waals surface area contributed by atoms with Crippen LogP contribution in [0.2, 0.25) is 0 Å². The van der Waals surface area contributed by atoms with Gasteiger partial charge in [0.2, 0.25) is 5.91 Å². The van der Waals surface area contributed by atoms with Crippen LogP contribution in [-0.2, 0) is 4.79 Å². The highest BCUT2D eigenvalue weighted by molar-refractivity contribution is 8.14. The monoisotopic (exact) mass is 227 g/mol. The van der Waals surface area contributed by atoms with Crippen molar-refractivity contribution in [3.63, 3.8) is 0 Å². The summed E-state index contributed by atoms with van der Waals surface area (Å²) < 4.78 is 12.5. The summed E-state index contributed by atoms with van der Waals surface area (Å²) in [5, 5.41) is 9.35. The molecule has 4 nitrogen and oxygen atoms in total. The SMILES string of the molecule is N=C(N)SCC(=O)Nc1ccc(F)cc1. The summed E-state index contributed by atoms with van der Waals surface area (Å²) in [4.78, 5) is 11.2. The minimum Gasteiger partial charge on any atom is -0.379 e. The molecule has 0 aliphatic heterocycles. The first kappa shape index (κ1) is 11.5. The highest BCUT2D eigenvalue weighted by Crippen LogP contribution is 2.09. The topological polar surface area (TPSA) is 79.0 Å². The van der Waals surface area contributed by atoms with Crippen LogP contribution >= 0.6 is 11.8 Å². The number of amidine groups is 1. The summed E-state index contributed by atoms with van der Waals surface area (Å²) in [6.07, 6.45) is 0. The number of anilines is 1. The van der Waals surface area contributed by atoms with E-state index in [9.17, 15) is 9.18 Å². The van der Waals surface area contributed by atoms with Gasteiger partial charge in [0.15, 0.2) is 5.17 Å². The van der Waals surface area contributed by atoms with Gasteiger partial charge in [-0.05, 0) is 24.3 Å². The van der Waals surface area contributed by atoms with E-state index in [0.717, 1.165) is 11.8 Å². The molecule has 0 radical (unpaired) electrons. The Morgan fingerprint density at radius 2 is 2.07 bits per heavy atom. The second-order valence-electron chi connectivity index (χ2n) is 2.71. The minimum absolute atomic E-state index is 0.0761. The molecule has 80 valence electrons. The zero-order valence-corrected chi connectivity index (χ0v) is 8.60. The Hall–Kier alpha value is -1.56. The summed E-state index contributed by atoms with van der Waals surface area (Å²) >= 11 is 0.937. The van der Waals surface area contributed by atoms with Gasteiger partial charge in [-0.3, -0.25) is 10.2 Å². The maximum Gasteiger partial charge on any atom is 0.234 e. The van der Waals surface area contributed by atoms with E-state index < -0.39 is 0 Å². The van der Waals surface area contributed by atoms with Gasteiger partial charge < -0.3 is 11.1 Å². The molecule has 0 fully saturated rings. The molecule has 0 bridgehead atoms. The van der Waals surface area contributed by atoms with Crippen LogP contribution in [0.4, 0.5) is 10.1 Å². The van der Waals surface area contributed by atoms with Crippen molar-refractivity contribution in [3.8, 4) is 0 Å². The number of benzene rings is 1. The first-order valence-electron chi connectivity index (χ1n) is 4.10. The third-order valence-corrected chi connectivity index (χ3v) is 2.20. The summed E-state index contributed by atoms with van der Waals surface area (Å²) in [6.45, 7) is 0. The third-order valence-electron chi connectivity index (χ3n) is 1.49. The fourth-order valence-corrected chi connectivity index (χ4v) is 1.23. The van der Waals surface area contributed by atoms with Crippen molar-refractivity contribution in [2.75, 3.05) is 11.1 Å². The second kappa shape index (κ2) is 5.35. The molecule has 0 saturated carbocycles. The largest absolute Gasteiger partial charge is 0.379 e. The lowest BCUT2D eigenvalue weighted by Crippen LogP contribution is -2.17. The molecule has 0 heterocycles. The van der Waals surface area contributed by atoms with Crippen molar-refractivity contribution in [3.05, 3.63) is 30.1 Å². The van der Waals surface area contributed by atoms with Crippen LogP contribution in [0.15, 0.2) is 24.3 Å². The minimum atomic E-state index is -0.355. The Morgan fingerprint density at radius 3 is 2.60 bits per heavy atom. The molecule has 1 rings (SSSR count). The van der Waals surface area contributed by atoms with E-state index in [2.05, 4.69) is 5.32 Å². The maximum absolute atomic E-state index is 12.5. The zero-order chi connectivity index (χ0) is 11.3. The van der Waals surface area contributed by atoms with Crippen LogP contribution in [-0.4, -0.2) is 16.8 Å². The predicted molar refractivity (Wildman–Crippen MR) is 59.4 cm³/mol. The predicted octanol–water partition coefficient (Wildman–Crippen LogP) is 1.39. The van der Waals surface area contributed by atoms with Crippen molar-refractivity contribution in [1.82, 2.24) is 0 Å². The van der Waals surface area contributed by atoms with E-state index >= 15 is 0 Å². The summed E-state index contributed by atoms with van der Waals surface area (Å²) in [5.41, 5.74) is 5.59. The summed E-state index contributed by atoms with van der Waals surface area (Å²) in [7, 11) is 0. The lowest BCUT2D eigenvalue weighted by Gasteiger charge is -2.03. The molecule has 4 N–H and O–H groups in total. The van der Waals surface area contributed by atoms with Crippen LogP contribution in [0, 0.1) is 11.2 Å². The fraction of sp³-hybridized carbons (Fsp3) is 0.111. The molecule has 0 saturated heterocycles. The van der Waals surface area contributed by atoms with Gasteiger partial charge in [0, 0.05) is 5.69 Å². The number of nitrogens with one attached hydrogen (secondary N) is 2. The van der Waals surface area contributed by atoms with Crippen molar-refractivity contribution in [2.24, 2.45) is 5.73 Å². The Kier molecular flexibility index (Phi) is 4.11. The van der Waals surface area contributed by atoms with E-state index in [-0.39, 0.29) is 22.6 Å². The average molecular weight is 227 g/mol. The number of thioether (sulfide) groups is 1. The standard InChI is InChI=1S/C9H10FN3OS/c10-6-1-3-7(4-2-6)13-8(14)5-15-9(11)12/h1-4H,5H2,(H3,11,12)(H,13,14). The lowest BCUT2D eigenvalue weighted by molar-refractivity contribution is -0.113. The molecule has 0 unspecified atom stereocenters. The van der Waals surface area contributed by atoms with Gasteiger partial charge in [0.1, 0.15) is 5.82 Å². The van der Waals surface area contributed by atoms with Crippen molar-refractivity contribution >= 4 is 28.5 Å². The van der Waals surface area contributed by atoms with Gasteiger partial charge >= 0.3 is 0 Å². The van der Waals surface area contributed by atoms with Gasteiger partial charge in [-0.1, -0.05) is 11.8 Å². The molecule has 1 aromatic carbocycles. The molecule has 0 aromatic heterocycles. The molecule has 1 amide bonds. The second-order valence-corrected chi connectivity index (χ2v) is 3.73. The van der Waals surface area contributed by atoms with Gasteiger partial charge in [-0.2, -0.15) is 0 Å². The van der Waals surface area contributed by atoms with Crippen LogP contribution in [0.25, 0.3) is 0 Å². The number of hydrogen-bond acceptors (Lipinski definition) is 3. The van der Waals surface area contributed by atoms with E-state index in [1.54, 1.807) is 0 Å². The maximum atomic E-state index is 12.5. The third kappa shape index (κ3) is 4.46. The van der Waals surface area contributed by atoms with Crippen molar-refractivity contribution in [1.29, 1.82) is 5.41 Å². The van der Waals surface area contributed by atoms with Crippen LogP contribution < -0.4 is 11.1 Å². The van der Waals surface area contributed by atoms with Crippen LogP contribution in [0.5, 0.6) is 0 Å². The normalized spacial score (nSPS) is 9.67. The Balaban J connectivity index is 2.44. The Labute approximate surface area is 90.6 Å². The molecule has 0 spiro atoms. The number of halogens is 1. The van der Waals surface area contributed by atoms with E-state index in [1.807, 2.05) is 0 Å². The molecule has 0 atom stereocenters. The van der Waals surface area contributed by atoms with E-state index in [0.29, 0.717) is 5.69 Å². The molecular formula is C9H10FN3OS. The number of amides is 1. The van der Waals surface area contributed by atoms with Crippen LogP contribution in [0.3, 0.4) is 0 Å². The highest BCUT2D eigenvalue weighted by atomic mass is 32.2. The van der Waals surface area contributed by atoms with Gasteiger partial charge in [0.05, 0.1) is 5.75 Å². The highest BCUT2D eigenvalue weighted by Gasteiger charge is 2.03. The summed E-state index contributed by atoms with van der Waals surface area (Å²) in [5.74, 6) is -0.555. The van der Waals surface area contributed by atoms with Gasteiger partial charge in [-0.15, -0.1) is 0 Å². The quantitative estimate of drug-likeness (QED) is 0.539. The number of hydrogen-bond donors (Lipinski definition) is 3. The van der Waals surface area contributed by atoms with E-state index in [1.165, 1.54) is 24.3 Å². The zero-order valence-electron chi connectivity index (χ0n) is 7.79. The van der Waals surface area contributed by atoms with Crippen LogP contribution in [0.1, 0.15) is 0 Å². The first-order valence-corrected chi connectivity index (χ1v) is 5.09. The van der Waals surface area contributed by atoms with Gasteiger partial charge in [0.25, 0.3) is 0 Å². The fourth-order valence-electron chi connectivity index (χ4n) is 0.874. The summed E-state index contributed by atoms with van der Waals surface area (Å²) in [6, 6.07) is 5.44. The molecule has 1 aromatic rings. The molecule has 15 heavy (non-hydrogen) atoms. The smallest absolute Gasteiger partial charge is 0.234 e. The van der Waals surface area contributed by atoms with Crippen molar-refractivity contribution in [2.45, 2.75) is 0 Å².